The van der Waals surface area contributed by atoms with E-state index in [1.165, 1.54) is 18.9 Å². The SMILES string of the molecule is CCOC(=O)C(=NOC)C1=NN=C(N)SC1. The minimum absolute atomic E-state index is 0.0214. The fraction of sp³-hybridized carbons (Fsp3) is 0.500. The molecular formula is C8H12N4O3S. The molecule has 0 aromatic carbocycles. The lowest BCUT2D eigenvalue weighted by Crippen LogP contribution is -2.30. The molecule has 0 aromatic rings. The number of rotatable bonds is 4. The summed E-state index contributed by atoms with van der Waals surface area (Å²) in [5, 5.41) is 11.4. The van der Waals surface area contributed by atoms with Crippen molar-refractivity contribution in [2.24, 2.45) is 21.1 Å². The summed E-state index contributed by atoms with van der Waals surface area (Å²) < 4.78 is 4.82. The molecule has 8 heteroatoms. The summed E-state index contributed by atoms with van der Waals surface area (Å²) in [5.74, 6) is -0.171. The first-order valence-corrected chi connectivity index (χ1v) is 5.49. The predicted molar refractivity (Wildman–Crippen MR) is 62.6 cm³/mol. The summed E-state index contributed by atoms with van der Waals surface area (Å²) in [5.41, 5.74) is 5.83. The molecule has 1 heterocycles. The van der Waals surface area contributed by atoms with Crippen LogP contribution >= 0.6 is 11.8 Å². The first-order chi connectivity index (χ1) is 7.69. The van der Waals surface area contributed by atoms with Crippen molar-refractivity contribution < 1.29 is 14.4 Å². The van der Waals surface area contributed by atoms with Gasteiger partial charge in [0.1, 0.15) is 12.8 Å². The molecule has 0 spiro atoms. The summed E-state index contributed by atoms with van der Waals surface area (Å²) in [4.78, 5) is 16.1. The van der Waals surface area contributed by atoms with E-state index in [1.807, 2.05) is 0 Å². The second-order valence-corrected chi connectivity index (χ2v) is 3.61. The minimum Gasteiger partial charge on any atom is -0.461 e. The average Bonchev–Trinajstić information content (AvgIpc) is 2.28. The number of thioether (sulfide) groups is 1. The van der Waals surface area contributed by atoms with Crippen molar-refractivity contribution in [3.05, 3.63) is 0 Å². The van der Waals surface area contributed by atoms with E-state index >= 15 is 0 Å². The number of amidine groups is 1. The van der Waals surface area contributed by atoms with E-state index in [0.29, 0.717) is 16.6 Å². The molecule has 0 fully saturated rings. The van der Waals surface area contributed by atoms with Crippen LogP contribution in [0.1, 0.15) is 6.92 Å². The van der Waals surface area contributed by atoms with E-state index in [1.54, 1.807) is 6.92 Å². The van der Waals surface area contributed by atoms with Crippen LogP contribution in [0.5, 0.6) is 0 Å². The van der Waals surface area contributed by atoms with Gasteiger partial charge in [-0.15, -0.1) is 10.2 Å². The number of nitrogens with two attached hydrogens (primary N) is 1. The van der Waals surface area contributed by atoms with Crippen LogP contribution in [-0.2, 0) is 14.4 Å². The minimum atomic E-state index is -0.584. The Bertz CT molecular complexity index is 364. The Morgan fingerprint density at radius 2 is 2.38 bits per heavy atom. The molecule has 1 aliphatic rings. The van der Waals surface area contributed by atoms with Gasteiger partial charge in [-0.3, -0.25) is 0 Å². The highest BCUT2D eigenvalue weighted by Crippen LogP contribution is 2.09. The molecule has 0 unspecified atom stereocenters. The first kappa shape index (κ1) is 12.5. The summed E-state index contributed by atoms with van der Waals surface area (Å²) >= 11 is 1.27. The molecule has 16 heavy (non-hydrogen) atoms. The maximum Gasteiger partial charge on any atom is 0.362 e. The highest BCUT2D eigenvalue weighted by atomic mass is 32.2. The number of hydrogen-bond acceptors (Lipinski definition) is 8. The van der Waals surface area contributed by atoms with Crippen LogP contribution in [0.3, 0.4) is 0 Å². The van der Waals surface area contributed by atoms with Crippen molar-refractivity contribution >= 4 is 34.3 Å². The van der Waals surface area contributed by atoms with Crippen LogP contribution in [0.2, 0.25) is 0 Å². The van der Waals surface area contributed by atoms with Gasteiger partial charge in [0.25, 0.3) is 0 Å². The van der Waals surface area contributed by atoms with Gasteiger partial charge in [-0.05, 0) is 6.92 Å². The molecular weight excluding hydrogens is 232 g/mol. The number of oxime groups is 1. The maximum absolute atomic E-state index is 11.5. The smallest absolute Gasteiger partial charge is 0.362 e. The van der Waals surface area contributed by atoms with Gasteiger partial charge in [0, 0.05) is 5.75 Å². The number of carbonyl (C=O) groups is 1. The lowest BCUT2D eigenvalue weighted by atomic mass is 10.2. The summed E-state index contributed by atoms with van der Waals surface area (Å²) in [6.45, 7) is 1.96. The number of nitrogens with zero attached hydrogens (tertiary/aromatic N) is 3. The monoisotopic (exact) mass is 244 g/mol. The third-order valence-corrected chi connectivity index (χ3v) is 2.35. The second-order valence-electron chi connectivity index (χ2n) is 2.62. The maximum atomic E-state index is 11.5. The van der Waals surface area contributed by atoms with Crippen LogP contribution in [0.4, 0.5) is 0 Å². The van der Waals surface area contributed by atoms with Gasteiger partial charge in [0.2, 0.25) is 5.71 Å². The summed E-state index contributed by atoms with van der Waals surface area (Å²) in [6.07, 6.45) is 0. The highest BCUT2D eigenvalue weighted by molar-refractivity contribution is 8.14. The molecule has 1 aliphatic heterocycles. The van der Waals surface area contributed by atoms with Crippen molar-refractivity contribution in [1.82, 2.24) is 0 Å². The predicted octanol–water partition coefficient (Wildman–Crippen LogP) is -0.0306. The zero-order valence-electron chi connectivity index (χ0n) is 8.97. The second kappa shape index (κ2) is 6.11. The van der Waals surface area contributed by atoms with Crippen LogP contribution < -0.4 is 5.73 Å². The van der Waals surface area contributed by atoms with Crippen LogP contribution in [0, 0.1) is 0 Å². The van der Waals surface area contributed by atoms with E-state index in [0.717, 1.165) is 0 Å². The molecule has 7 nitrogen and oxygen atoms in total. The first-order valence-electron chi connectivity index (χ1n) is 4.50. The molecule has 1 rings (SSSR count). The molecule has 2 N–H and O–H groups in total. The molecule has 88 valence electrons. The third-order valence-electron chi connectivity index (χ3n) is 1.55. The zero-order chi connectivity index (χ0) is 12.0. The standard InChI is InChI=1S/C8H12N4O3S/c1-3-15-7(13)6(12-14-2)5-4-16-8(9)11-10-5/h3-4H2,1-2H3,(H2,9,11). The Balaban J connectivity index is 2.87. The van der Waals surface area contributed by atoms with Crippen molar-refractivity contribution in [1.29, 1.82) is 0 Å². The fourth-order valence-corrected chi connectivity index (χ4v) is 1.50. The number of carbonyl (C=O) groups excluding carboxylic acids is 1. The van der Waals surface area contributed by atoms with Crippen LogP contribution in [0.25, 0.3) is 0 Å². The van der Waals surface area contributed by atoms with E-state index in [4.69, 9.17) is 10.5 Å². The Labute approximate surface area is 96.7 Å². The van der Waals surface area contributed by atoms with Crippen molar-refractivity contribution in [3.8, 4) is 0 Å². The normalized spacial score (nSPS) is 16.2. The molecule has 0 saturated carbocycles. The van der Waals surface area contributed by atoms with Gasteiger partial charge in [-0.25, -0.2) is 4.79 Å². The Morgan fingerprint density at radius 3 is 2.88 bits per heavy atom. The summed E-state index contributed by atoms with van der Waals surface area (Å²) in [7, 11) is 1.34. The molecule has 0 atom stereocenters. The van der Waals surface area contributed by atoms with Gasteiger partial charge in [-0.1, -0.05) is 16.9 Å². The molecule has 0 bridgehead atoms. The quantitative estimate of drug-likeness (QED) is 0.425. The van der Waals surface area contributed by atoms with Crippen molar-refractivity contribution in [2.75, 3.05) is 19.5 Å². The lowest BCUT2D eigenvalue weighted by molar-refractivity contribution is -0.135. The van der Waals surface area contributed by atoms with Crippen LogP contribution in [0.15, 0.2) is 15.4 Å². The zero-order valence-corrected chi connectivity index (χ0v) is 9.78. The van der Waals surface area contributed by atoms with Gasteiger partial charge in [0.05, 0.1) is 6.61 Å². The van der Waals surface area contributed by atoms with Gasteiger partial charge in [0.15, 0.2) is 5.17 Å². The van der Waals surface area contributed by atoms with Crippen molar-refractivity contribution in [3.63, 3.8) is 0 Å². The van der Waals surface area contributed by atoms with E-state index < -0.39 is 5.97 Å². The van der Waals surface area contributed by atoms with Gasteiger partial charge < -0.3 is 15.3 Å². The Morgan fingerprint density at radius 1 is 1.62 bits per heavy atom. The molecule has 0 saturated heterocycles. The van der Waals surface area contributed by atoms with E-state index in [2.05, 4.69) is 20.2 Å². The largest absolute Gasteiger partial charge is 0.461 e. The van der Waals surface area contributed by atoms with Crippen LogP contribution in [-0.4, -0.2) is 42.0 Å². The van der Waals surface area contributed by atoms with Gasteiger partial charge >= 0.3 is 5.97 Å². The molecule has 0 aromatic heterocycles. The molecule has 0 radical (unpaired) electrons. The summed E-state index contributed by atoms with van der Waals surface area (Å²) in [6, 6.07) is 0. The number of esters is 1. The molecule has 0 aliphatic carbocycles. The number of hydrogen-bond donors (Lipinski definition) is 1. The number of ether oxygens (including phenoxy) is 1. The third kappa shape index (κ3) is 3.23. The van der Waals surface area contributed by atoms with Gasteiger partial charge in [-0.2, -0.15) is 0 Å². The van der Waals surface area contributed by atoms with E-state index in [9.17, 15) is 4.79 Å². The Kier molecular flexibility index (Phi) is 4.77. The fourth-order valence-electron chi connectivity index (χ4n) is 0.924. The molecule has 0 amide bonds. The van der Waals surface area contributed by atoms with E-state index in [-0.39, 0.29) is 12.3 Å². The Hall–Kier alpha value is -1.57. The topological polar surface area (TPSA) is 98.6 Å². The van der Waals surface area contributed by atoms with Crippen molar-refractivity contribution in [2.45, 2.75) is 6.92 Å². The highest BCUT2D eigenvalue weighted by Gasteiger charge is 2.23. The average molecular weight is 244 g/mol. The lowest BCUT2D eigenvalue weighted by Gasteiger charge is -2.09.